The molecule has 116 valence electrons. The number of phenols is 1. The number of carbonyl (C=O) groups is 1. The summed E-state index contributed by atoms with van der Waals surface area (Å²) in [6.07, 6.45) is 1.52. The third-order valence-electron chi connectivity index (χ3n) is 3.13. The van der Waals surface area contributed by atoms with E-state index >= 15 is 0 Å². The van der Waals surface area contributed by atoms with Gasteiger partial charge in [0.15, 0.2) is 0 Å². The molecule has 1 aromatic heterocycles. The lowest BCUT2D eigenvalue weighted by atomic mass is 10.1. The molecule has 3 N–H and O–H groups in total. The lowest BCUT2D eigenvalue weighted by Gasteiger charge is -2.16. The van der Waals surface area contributed by atoms with Gasteiger partial charge in [-0.25, -0.2) is 4.39 Å². The molecule has 2 aromatic rings. The van der Waals surface area contributed by atoms with Crippen molar-refractivity contribution in [3.05, 3.63) is 59.7 Å². The quantitative estimate of drug-likeness (QED) is 0.748. The van der Waals surface area contributed by atoms with Crippen LogP contribution in [-0.4, -0.2) is 33.8 Å². The molecule has 0 fully saturated rings. The van der Waals surface area contributed by atoms with E-state index in [0.29, 0.717) is 12.1 Å². The largest absolute Gasteiger partial charge is 0.508 e. The molecule has 6 heteroatoms. The fourth-order valence-electron chi connectivity index (χ4n) is 2.03. The highest BCUT2D eigenvalue weighted by atomic mass is 19.1. The Balaban J connectivity index is 1.90. The summed E-state index contributed by atoms with van der Waals surface area (Å²) in [6, 6.07) is 8.81. The smallest absolute Gasteiger partial charge is 0.226 e. The Morgan fingerprint density at radius 1 is 1.23 bits per heavy atom. The van der Waals surface area contributed by atoms with E-state index in [4.69, 9.17) is 0 Å². The second kappa shape index (κ2) is 7.51. The van der Waals surface area contributed by atoms with Crippen molar-refractivity contribution in [3.63, 3.8) is 0 Å². The van der Waals surface area contributed by atoms with E-state index in [2.05, 4.69) is 10.3 Å². The Morgan fingerprint density at radius 3 is 2.55 bits per heavy atom. The summed E-state index contributed by atoms with van der Waals surface area (Å²) in [4.78, 5) is 15.7. The fraction of sp³-hybridized carbons (Fsp3) is 0.250. The van der Waals surface area contributed by atoms with E-state index in [0.717, 1.165) is 11.8 Å². The number of phenolic OH excluding ortho intramolecular Hbond substituents is 1. The summed E-state index contributed by atoms with van der Waals surface area (Å²) in [5, 5.41) is 21.3. The molecule has 0 bridgehead atoms. The van der Waals surface area contributed by atoms with Crippen molar-refractivity contribution >= 4 is 5.91 Å². The highest BCUT2D eigenvalue weighted by molar-refractivity contribution is 5.78. The maximum absolute atomic E-state index is 12.7. The van der Waals surface area contributed by atoms with Gasteiger partial charge >= 0.3 is 0 Å². The summed E-state index contributed by atoms with van der Waals surface area (Å²) >= 11 is 0. The van der Waals surface area contributed by atoms with Crippen molar-refractivity contribution in [2.24, 2.45) is 0 Å². The van der Waals surface area contributed by atoms with Crippen LogP contribution in [0.5, 0.6) is 5.75 Å². The number of nitrogens with zero attached hydrogens (tertiary/aromatic N) is 1. The summed E-state index contributed by atoms with van der Waals surface area (Å²) < 4.78 is 12.7. The number of pyridine rings is 1. The second-order valence-electron chi connectivity index (χ2n) is 4.96. The van der Waals surface area contributed by atoms with Crippen LogP contribution in [-0.2, 0) is 17.6 Å². The van der Waals surface area contributed by atoms with Crippen LogP contribution in [0.25, 0.3) is 0 Å². The number of rotatable bonds is 6. The van der Waals surface area contributed by atoms with Crippen molar-refractivity contribution < 1.29 is 19.4 Å². The molecule has 1 unspecified atom stereocenters. The number of amides is 1. The van der Waals surface area contributed by atoms with Crippen LogP contribution in [0, 0.1) is 5.82 Å². The third kappa shape index (κ3) is 4.82. The molecule has 5 nitrogen and oxygen atoms in total. The minimum Gasteiger partial charge on any atom is -0.508 e. The Labute approximate surface area is 127 Å². The van der Waals surface area contributed by atoms with Gasteiger partial charge in [-0.3, -0.25) is 9.78 Å². The number of nitrogens with one attached hydrogen (secondary N) is 1. The monoisotopic (exact) mass is 304 g/mol. The van der Waals surface area contributed by atoms with Crippen LogP contribution in [0.15, 0.2) is 42.6 Å². The average Bonchev–Trinajstić information content (AvgIpc) is 2.51. The summed E-state index contributed by atoms with van der Waals surface area (Å²) in [6.45, 7) is -0.205. The van der Waals surface area contributed by atoms with Gasteiger partial charge in [0, 0.05) is 5.69 Å². The number of aromatic nitrogens is 1. The predicted octanol–water partition coefficient (Wildman–Crippen LogP) is 1.19. The molecular weight excluding hydrogens is 287 g/mol. The van der Waals surface area contributed by atoms with Crippen LogP contribution in [0.2, 0.25) is 0 Å². The molecule has 1 aromatic carbocycles. The second-order valence-corrected chi connectivity index (χ2v) is 4.96. The third-order valence-corrected chi connectivity index (χ3v) is 3.13. The van der Waals surface area contributed by atoms with Gasteiger partial charge in [0.1, 0.15) is 11.6 Å². The van der Waals surface area contributed by atoms with Gasteiger partial charge < -0.3 is 15.5 Å². The van der Waals surface area contributed by atoms with E-state index in [-0.39, 0.29) is 24.7 Å². The number of benzene rings is 1. The number of hydrogen-bond acceptors (Lipinski definition) is 4. The normalized spacial score (nSPS) is 11.9. The molecule has 1 amide bonds. The molecule has 0 radical (unpaired) electrons. The van der Waals surface area contributed by atoms with E-state index in [1.54, 1.807) is 24.3 Å². The minimum atomic E-state index is -0.454. The van der Waals surface area contributed by atoms with Crippen molar-refractivity contribution in [1.29, 1.82) is 0 Å². The molecule has 1 heterocycles. The number of hydrogen-bond donors (Lipinski definition) is 3. The fourth-order valence-corrected chi connectivity index (χ4v) is 2.03. The van der Waals surface area contributed by atoms with Gasteiger partial charge in [0.05, 0.1) is 25.3 Å². The predicted molar refractivity (Wildman–Crippen MR) is 78.7 cm³/mol. The molecule has 0 aliphatic carbocycles. The lowest BCUT2D eigenvalue weighted by molar-refractivity contribution is -0.121. The number of halogens is 1. The molecule has 0 aliphatic rings. The molecule has 0 saturated carbocycles. The van der Waals surface area contributed by atoms with Crippen LogP contribution in [0.1, 0.15) is 11.3 Å². The summed E-state index contributed by atoms with van der Waals surface area (Å²) in [5.41, 5.74) is 1.34. The van der Waals surface area contributed by atoms with Gasteiger partial charge in [-0.1, -0.05) is 12.1 Å². The van der Waals surface area contributed by atoms with Crippen molar-refractivity contribution in [3.8, 4) is 5.75 Å². The first-order chi connectivity index (χ1) is 10.6. The molecule has 0 aliphatic heterocycles. The number of aromatic hydroxyl groups is 1. The van der Waals surface area contributed by atoms with Gasteiger partial charge in [-0.2, -0.15) is 0 Å². The number of aliphatic hydroxyl groups excluding tert-OH is 1. The summed E-state index contributed by atoms with van der Waals surface area (Å²) in [7, 11) is 0. The van der Waals surface area contributed by atoms with Crippen LogP contribution in [0.3, 0.4) is 0 Å². The minimum absolute atomic E-state index is 0.0202. The highest BCUT2D eigenvalue weighted by Crippen LogP contribution is 2.11. The Morgan fingerprint density at radius 2 is 1.95 bits per heavy atom. The Kier molecular flexibility index (Phi) is 5.43. The summed E-state index contributed by atoms with van der Waals surface area (Å²) in [5.74, 6) is -0.586. The SMILES string of the molecule is O=C(Cc1ccc(F)cn1)NC(CO)Cc1ccc(O)cc1. The topological polar surface area (TPSA) is 82.5 Å². The van der Waals surface area contributed by atoms with Gasteiger partial charge in [0.2, 0.25) is 5.91 Å². The van der Waals surface area contributed by atoms with Crippen molar-refractivity contribution in [1.82, 2.24) is 10.3 Å². The number of carbonyl (C=O) groups excluding carboxylic acids is 1. The van der Waals surface area contributed by atoms with E-state index < -0.39 is 11.9 Å². The first kappa shape index (κ1) is 15.9. The first-order valence-corrected chi connectivity index (χ1v) is 6.85. The van der Waals surface area contributed by atoms with Gasteiger partial charge in [-0.15, -0.1) is 0 Å². The molecule has 2 rings (SSSR count). The van der Waals surface area contributed by atoms with E-state index in [1.807, 2.05) is 0 Å². The number of aliphatic hydroxyl groups is 1. The Bertz CT molecular complexity index is 614. The zero-order chi connectivity index (χ0) is 15.9. The van der Waals surface area contributed by atoms with E-state index in [9.17, 15) is 19.4 Å². The molecule has 22 heavy (non-hydrogen) atoms. The van der Waals surface area contributed by atoms with Crippen LogP contribution < -0.4 is 5.32 Å². The van der Waals surface area contributed by atoms with Gasteiger partial charge in [-0.05, 0) is 36.2 Å². The zero-order valence-electron chi connectivity index (χ0n) is 11.9. The average molecular weight is 304 g/mol. The van der Waals surface area contributed by atoms with Crippen LogP contribution >= 0.6 is 0 Å². The molecule has 0 spiro atoms. The first-order valence-electron chi connectivity index (χ1n) is 6.85. The highest BCUT2D eigenvalue weighted by Gasteiger charge is 2.13. The maximum atomic E-state index is 12.7. The molecule has 0 saturated heterocycles. The van der Waals surface area contributed by atoms with E-state index in [1.165, 1.54) is 12.1 Å². The van der Waals surface area contributed by atoms with Crippen LogP contribution in [0.4, 0.5) is 4.39 Å². The zero-order valence-corrected chi connectivity index (χ0v) is 11.9. The molecular formula is C16H17FN2O3. The van der Waals surface area contributed by atoms with Crippen molar-refractivity contribution in [2.75, 3.05) is 6.61 Å². The van der Waals surface area contributed by atoms with Crippen molar-refractivity contribution in [2.45, 2.75) is 18.9 Å². The standard InChI is InChI=1S/C16H17FN2O3/c17-12-3-4-13(18-9-12)8-16(22)19-14(10-20)7-11-1-5-15(21)6-2-11/h1-6,9,14,20-21H,7-8,10H2,(H,19,22). The van der Waals surface area contributed by atoms with Gasteiger partial charge in [0.25, 0.3) is 0 Å². The molecule has 1 atom stereocenters. The lowest BCUT2D eigenvalue weighted by Crippen LogP contribution is -2.40. The maximum Gasteiger partial charge on any atom is 0.226 e. The Hall–Kier alpha value is -2.47.